The Balaban J connectivity index is 1.47. The summed E-state index contributed by atoms with van der Waals surface area (Å²) in [6.45, 7) is 6.46. The topological polar surface area (TPSA) is 67.4 Å². The highest BCUT2D eigenvalue weighted by Crippen LogP contribution is 2.30. The molecule has 1 aliphatic carbocycles. The molecule has 2 N–H and O–H groups in total. The van der Waals surface area contributed by atoms with Crippen molar-refractivity contribution in [1.29, 1.82) is 0 Å². The summed E-state index contributed by atoms with van der Waals surface area (Å²) in [4.78, 5) is 7.11. The minimum atomic E-state index is 0.356. The predicted molar refractivity (Wildman–Crippen MR) is 122 cm³/mol. The number of anilines is 1. The van der Waals surface area contributed by atoms with Crippen LogP contribution in [-0.4, -0.2) is 65.1 Å². The van der Waals surface area contributed by atoms with Crippen molar-refractivity contribution in [2.75, 3.05) is 51.9 Å². The van der Waals surface area contributed by atoms with Gasteiger partial charge in [-0.1, -0.05) is 12.8 Å². The molecule has 2 aliphatic rings. The van der Waals surface area contributed by atoms with Gasteiger partial charge in [-0.05, 0) is 32.6 Å². The maximum absolute atomic E-state index is 5.94. The SMILES string of the molecule is CCNC(=NCCCOC1CCCC1)NC1CCN(c2cc(OC)cc(OC)c2)C1. The van der Waals surface area contributed by atoms with E-state index in [9.17, 15) is 0 Å². The van der Waals surface area contributed by atoms with Crippen molar-refractivity contribution in [2.45, 2.75) is 57.6 Å². The van der Waals surface area contributed by atoms with Gasteiger partial charge in [0.2, 0.25) is 0 Å². The smallest absolute Gasteiger partial charge is 0.191 e. The van der Waals surface area contributed by atoms with Gasteiger partial charge < -0.3 is 29.7 Å². The van der Waals surface area contributed by atoms with Crippen molar-refractivity contribution in [3.63, 3.8) is 0 Å². The maximum atomic E-state index is 5.94. The lowest BCUT2D eigenvalue weighted by atomic mass is 10.2. The standard InChI is InChI=1S/C23H38N4O3/c1-4-24-23(25-11-7-13-30-20-8-5-6-9-20)26-18-10-12-27(17-18)19-14-21(28-2)16-22(15-19)29-3/h14-16,18,20H,4-13,17H2,1-3H3,(H2,24,25,26). The highest BCUT2D eigenvalue weighted by Gasteiger charge is 2.24. The molecule has 1 aromatic carbocycles. The lowest BCUT2D eigenvalue weighted by Gasteiger charge is -2.21. The average molecular weight is 419 g/mol. The Labute approximate surface area is 181 Å². The van der Waals surface area contributed by atoms with Crippen LogP contribution in [0, 0.1) is 0 Å². The normalized spacial score (nSPS) is 19.9. The molecule has 1 atom stereocenters. The third kappa shape index (κ3) is 6.69. The van der Waals surface area contributed by atoms with Crippen molar-refractivity contribution in [3.8, 4) is 11.5 Å². The minimum absolute atomic E-state index is 0.356. The molecule has 0 amide bonds. The Kier molecular flexibility index (Phi) is 8.93. The second-order valence-corrected chi connectivity index (χ2v) is 8.04. The molecule has 0 aromatic heterocycles. The van der Waals surface area contributed by atoms with Crippen molar-refractivity contribution < 1.29 is 14.2 Å². The Bertz CT molecular complexity index is 654. The summed E-state index contributed by atoms with van der Waals surface area (Å²) in [5, 5.41) is 6.97. The summed E-state index contributed by atoms with van der Waals surface area (Å²) < 4.78 is 16.8. The lowest BCUT2D eigenvalue weighted by molar-refractivity contribution is 0.0579. The quantitative estimate of drug-likeness (QED) is 0.346. The molecule has 1 saturated carbocycles. The van der Waals surface area contributed by atoms with E-state index in [1.165, 1.54) is 25.7 Å². The van der Waals surface area contributed by atoms with Crippen LogP contribution in [0.15, 0.2) is 23.2 Å². The zero-order valence-corrected chi connectivity index (χ0v) is 18.8. The molecule has 168 valence electrons. The number of guanidine groups is 1. The summed E-state index contributed by atoms with van der Waals surface area (Å²) in [5.41, 5.74) is 1.13. The molecule has 1 saturated heterocycles. The average Bonchev–Trinajstić information content (AvgIpc) is 3.45. The van der Waals surface area contributed by atoms with Gasteiger partial charge in [-0.15, -0.1) is 0 Å². The summed E-state index contributed by atoms with van der Waals surface area (Å²) in [5.74, 6) is 2.53. The van der Waals surface area contributed by atoms with Gasteiger partial charge >= 0.3 is 0 Å². The first-order valence-electron chi connectivity index (χ1n) is 11.4. The van der Waals surface area contributed by atoms with Crippen molar-refractivity contribution in [1.82, 2.24) is 10.6 Å². The number of hydrogen-bond acceptors (Lipinski definition) is 5. The molecule has 0 bridgehead atoms. The van der Waals surface area contributed by atoms with Gasteiger partial charge in [0.05, 0.1) is 20.3 Å². The maximum Gasteiger partial charge on any atom is 0.191 e. The first-order valence-corrected chi connectivity index (χ1v) is 11.4. The fourth-order valence-electron chi connectivity index (χ4n) is 4.16. The Morgan fingerprint density at radius 1 is 1.10 bits per heavy atom. The van der Waals surface area contributed by atoms with Gasteiger partial charge in [0, 0.05) is 62.7 Å². The molecular formula is C23H38N4O3. The minimum Gasteiger partial charge on any atom is -0.497 e. The Morgan fingerprint density at radius 2 is 1.83 bits per heavy atom. The second-order valence-electron chi connectivity index (χ2n) is 8.04. The molecule has 1 unspecified atom stereocenters. The first-order chi connectivity index (χ1) is 14.7. The number of methoxy groups -OCH3 is 2. The third-order valence-electron chi connectivity index (χ3n) is 5.80. The molecule has 1 heterocycles. The van der Waals surface area contributed by atoms with Crippen LogP contribution in [0.2, 0.25) is 0 Å². The van der Waals surface area contributed by atoms with Gasteiger partial charge in [-0.2, -0.15) is 0 Å². The van der Waals surface area contributed by atoms with Gasteiger partial charge in [-0.3, -0.25) is 4.99 Å². The number of nitrogens with zero attached hydrogens (tertiary/aromatic N) is 2. The van der Waals surface area contributed by atoms with Crippen LogP contribution in [-0.2, 0) is 4.74 Å². The van der Waals surface area contributed by atoms with Crippen LogP contribution in [0.1, 0.15) is 45.4 Å². The van der Waals surface area contributed by atoms with Crippen LogP contribution in [0.25, 0.3) is 0 Å². The second kappa shape index (κ2) is 11.9. The summed E-state index contributed by atoms with van der Waals surface area (Å²) in [6, 6.07) is 6.39. The Hall–Kier alpha value is -2.15. The molecule has 0 radical (unpaired) electrons. The lowest BCUT2D eigenvalue weighted by Crippen LogP contribution is -2.44. The summed E-state index contributed by atoms with van der Waals surface area (Å²) in [7, 11) is 3.37. The van der Waals surface area contributed by atoms with Crippen molar-refractivity contribution in [3.05, 3.63) is 18.2 Å². The zero-order chi connectivity index (χ0) is 21.2. The molecule has 1 aromatic rings. The van der Waals surface area contributed by atoms with Crippen LogP contribution in [0.4, 0.5) is 5.69 Å². The molecule has 7 nitrogen and oxygen atoms in total. The number of aliphatic imine (C=N–C) groups is 1. The number of benzene rings is 1. The van der Waals surface area contributed by atoms with E-state index in [0.717, 1.165) is 68.8 Å². The number of ether oxygens (including phenoxy) is 3. The van der Waals surface area contributed by atoms with Crippen LogP contribution in [0.5, 0.6) is 11.5 Å². The first kappa shape index (κ1) is 22.5. The molecule has 30 heavy (non-hydrogen) atoms. The van der Waals surface area contributed by atoms with E-state index in [4.69, 9.17) is 19.2 Å². The van der Waals surface area contributed by atoms with Gasteiger partial charge in [0.25, 0.3) is 0 Å². The van der Waals surface area contributed by atoms with Gasteiger partial charge in [0.15, 0.2) is 5.96 Å². The summed E-state index contributed by atoms with van der Waals surface area (Å²) >= 11 is 0. The fourth-order valence-corrected chi connectivity index (χ4v) is 4.16. The molecule has 1 aliphatic heterocycles. The molecule has 7 heteroatoms. The van der Waals surface area contributed by atoms with E-state index in [0.29, 0.717) is 12.1 Å². The van der Waals surface area contributed by atoms with Gasteiger partial charge in [-0.25, -0.2) is 0 Å². The molecular weight excluding hydrogens is 380 g/mol. The number of nitrogens with one attached hydrogen (secondary N) is 2. The number of hydrogen-bond donors (Lipinski definition) is 2. The highest BCUT2D eigenvalue weighted by atomic mass is 16.5. The zero-order valence-electron chi connectivity index (χ0n) is 18.8. The van der Waals surface area contributed by atoms with E-state index in [1.54, 1.807) is 14.2 Å². The highest BCUT2D eigenvalue weighted by molar-refractivity contribution is 5.80. The number of rotatable bonds is 10. The van der Waals surface area contributed by atoms with Crippen LogP contribution < -0.4 is 25.0 Å². The Morgan fingerprint density at radius 3 is 2.50 bits per heavy atom. The molecule has 0 spiro atoms. The van der Waals surface area contributed by atoms with E-state index in [1.807, 2.05) is 6.07 Å². The van der Waals surface area contributed by atoms with E-state index >= 15 is 0 Å². The fraction of sp³-hybridized carbons (Fsp3) is 0.696. The van der Waals surface area contributed by atoms with Crippen LogP contribution in [0.3, 0.4) is 0 Å². The summed E-state index contributed by atoms with van der Waals surface area (Å²) in [6.07, 6.45) is 7.61. The van der Waals surface area contributed by atoms with Gasteiger partial charge in [0.1, 0.15) is 11.5 Å². The third-order valence-corrected chi connectivity index (χ3v) is 5.80. The van der Waals surface area contributed by atoms with E-state index in [-0.39, 0.29) is 0 Å². The predicted octanol–water partition coefficient (Wildman–Crippen LogP) is 3.19. The molecule has 3 rings (SSSR count). The monoisotopic (exact) mass is 418 g/mol. The van der Waals surface area contributed by atoms with E-state index < -0.39 is 0 Å². The van der Waals surface area contributed by atoms with Crippen LogP contribution >= 0.6 is 0 Å². The van der Waals surface area contributed by atoms with Crippen molar-refractivity contribution in [2.24, 2.45) is 4.99 Å². The van der Waals surface area contributed by atoms with E-state index in [2.05, 4.69) is 34.6 Å². The molecule has 2 fully saturated rings. The largest absolute Gasteiger partial charge is 0.497 e. The van der Waals surface area contributed by atoms with Crippen molar-refractivity contribution >= 4 is 11.6 Å².